The number of hydrogen-bond donors (Lipinski definition) is 1. The number of nitrogens with zero attached hydrogens (tertiary/aromatic N) is 1. The molecule has 2 rings (SSSR count). The van der Waals surface area contributed by atoms with Gasteiger partial charge in [-0.1, -0.05) is 26.0 Å². The number of benzene rings is 2. The van der Waals surface area contributed by atoms with Crippen molar-refractivity contribution in [3.8, 4) is 0 Å². The minimum atomic E-state index is -0.142. The summed E-state index contributed by atoms with van der Waals surface area (Å²) < 4.78 is 0. The first kappa shape index (κ1) is 20.0. The fourth-order valence-electron chi connectivity index (χ4n) is 2.60. The fraction of sp³-hybridized carbons (Fsp3) is 0.333. The summed E-state index contributed by atoms with van der Waals surface area (Å²) in [6.45, 7) is 9.48. The monoisotopic (exact) mass is 370 g/mol. The summed E-state index contributed by atoms with van der Waals surface area (Å²) in [5, 5.41) is 3.32. The summed E-state index contributed by atoms with van der Waals surface area (Å²) in [6, 6.07) is 14.7. The fourth-order valence-corrected chi connectivity index (χ4v) is 3.55. The highest BCUT2D eigenvalue weighted by Gasteiger charge is 2.14. The average molecular weight is 371 g/mol. The SMILES string of the molecule is CCN(CC)C(=O)c1ccc(NC(=O)c2ccccc2SC(C)C)cc1. The minimum absolute atomic E-state index is 0.00607. The first-order chi connectivity index (χ1) is 12.5. The Balaban J connectivity index is 2.12. The molecule has 138 valence electrons. The average Bonchev–Trinajstić information content (AvgIpc) is 2.63. The molecule has 0 aliphatic heterocycles. The Labute approximate surface area is 160 Å². The van der Waals surface area contributed by atoms with E-state index in [0.29, 0.717) is 35.2 Å². The van der Waals surface area contributed by atoms with Crippen LogP contribution in [0.3, 0.4) is 0 Å². The Morgan fingerprint density at radius 2 is 1.62 bits per heavy atom. The summed E-state index contributed by atoms with van der Waals surface area (Å²) in [5.41, 5.74) is 1.97. The highest BCUT2D eigenvalue weighted by Crippen LogP contribution is 2.27. The second kappa shape index (κ2) is 9.43. The van der Waals surface area contributed by atoms with E-state index in [4.69, 9.17) is 0 Å². The molecule has 5 heteroatoms. The van der Waals surface area contributed by atoms with Gasteiger partial charge in [0.25, 0.3) is 11.8 Å². The highest BCUT2D eigenvalue weighted by molar-refractivity contribution is 8.00. The van der Waals surface area contributed by atoms with Gasteiger partial charge in [-0.3, -0.25) is 9.59 Å². The van der Waals surface area contributed by atoms with Gasteiger partial charge in [-0.2, -0.15) is 0 Å². The number of anilines is 1. The molecule has 1 N–H and O–H groups in total. The van der Waals surface area contributed by atoms with E-state index in [-0.39, 0.29) is 11.8 Å². The highest BCUT2D eigenvalue weighted by atomic mass is 32.2. The molecule has 0 aromatic heterocycles. The van der Waals surface area contributed by atoms with E-state index in [1.54, 1.807) is 40.9 Å². The lowest BCUT2D eigenvalue weighted by Crippen LogP contribution is -2.30. The van der Waals surface area contributed by atoms with Crippen LogP contribution >= 0.6 is 11.8 Å². The van der Waals surface area contributed by atoms with Crippen LogP contribution in [-0.2, 0) is 0 Å². The maximum absolute atomic E-state index is 12.6. The molecule has 0 atom stereocenters. The van der Waals surface area contributed by atoms with E-state index in [1.165, 1.54) is 0 Å². The van der Waals surface area contributed by atoms with E-state index < -0.39 is 0 Å². The summed E-state index contributed by atoms with van der Waals surface area (Å²) in [7, 11) is 0. The Kier molecular flexibility index (Phi) is 7.27. The lowest BCUT2D eigenvalue weighted by Gasteiger charge is -2.18. The normalized spacial score (nSPS) is 10.7. The number of nitrogens with one attached hydrogen (secondary N) is 1. The molecule has 0 saturated heterocycles. The standard InChI is InChI=1S/C21H26N2O2S/c1-5-23(6-2)21(25)16-11-13-17(14-12-16)22-20(24)18-9-7-8-10-19(18)26-15(3)4/h7-15H,5-6H2,1-4H3,(H,22,24). The minimum Gasteiger partial charge on any atom is -0.339 e. The van der Waals surface area contributed by atoms with Crippen molar-refractivity contribution in [3.05, 3.63) is 59.7 Å². The molecule has 2 aromatic rings. The van der Waals surface area contributed by atoms with Crippen LogP contribution in [0.15, 0.2) is 53.4 Å². The zero-order valence-corrected chi connectivity index (χ0v) is 16.6. The Morgan fingerprint density at radius 3 is 2.19 bits per heavy atom. The second-order valence-electron chi connectivity index (χ2n) is 6.17. The maximum Gasteiger partial charge on any atom is 0.256 e. The molecule has 0 fully saturated rings. The van der Waals surface area contributed by atoms with Gasteiger partial charge in [0.05, 0.1) is 5.56 Å². The van der Waals surface area contributed by atoms with Gasteiger partial charge in [-0.25, -0.2) is 0 Å². The molecule has 26 heavy (non-hydrogen) atoms. The van der Waals surface area contributed by atoms with Crippen LogP contribution in [0.25, 0.3) is 0 Å². The van der Waals surface area contributed by atoms with Crippen LogP contribution in [0.1, 0.15) is 48.4 Å². The van der Waals surface area contributed by atoms with Gasteiger partial charge < -0.3 is 10.2 Å². The van der Waals surface area contributed by atoms with Gasteiger partial charge in [-0.15, -0.1) is 11.8 Å². The number of carbonyl (C=O) groups excluding carboxylic acids is 2. The van der Waals surface area contributed by atoms with Gasteiger partial charge in [0.2, 0.25) is 0 Å². The number of hydrogen-bond acceptors (Lipinski definition) is 3. The molecule has 4 nitrogen and oxygen atoms in total. The first-order valence-electron chi connectivity index (χ1n) is 8.92. The maximum atomic E-state index is 12.6. The van der Waals surface area contributed by atoms with Crippen molar-refractivity contribution in [2.45, 2.75) is 37.8 Å². The van der Waals surface area contributed by atoms with Gasteiger partial charge in [0.15, 0.2) is 0 Å². The van der Waals surface area contributed by atoms with E-state index in [0.717, 1.165) is 4.90 Å². The molecule has 0 unspecified atom stereocenters. The first-order valence-corrected chi connectivity index (χ1v) is 9.80. The second-order valence-corrected chi connectivity index (χ2v) is 7.79. The van der Waals surface area contributed by atoms with Crippen LogP contribution < -0.4 is 5.32 Å². The Hall–Kier alpha value is -2.27. The molecule has 0 spiro atoms. The number of amides is 2. The van der Waals surface area contributed by atoms with Crippen LogP contribution in [0.4, 0.5) is 5.69 Å². The Bertz CT molecular complexity index is 753. The van der Waals surface area contributed by atoms with Crippen molar-refractivity contribution >= 4 is 29.3 Å². The lowest BCUT2D eigenvalue weighted by molar-refractivity contribution is 0.0773. The molecular formula is C21H26N2O2S. The van der Waals surface area contributed by atoms with Crippen LogP contribution in [0, 0.1) is 0 Å². The van der Waals surface area contributed by atoms with Crippen LogP contribution in [0.2, 0.25) is 0 Å². The van der Waals surface area contributed by atoms with Crippen molar-refractivity contribution in [3.63, 3.8) is 0 Å². The molecule has 0 radical (unpaired) electrons. The van der Waals surface area contributed by atoms with Gasteiger partial charge in [0.1, 0.15) is 0 Å². The van der Waals surface area contributed by atoms with Crippen LogP contribution in [-0.4, -0.2) is 35.1 Å². The third kappa shape index (κ3) is 5.11. The zero-order chi connectivity index (χ0) is 19.1. The van der Waals surface area contributed by atoms with E-state index in [1.807, 2.05) is 38.1 Å². The summed E-state index contributed by atoms with van der Waals surface area (Å²) in [4.78, 5) is 27.7. The molecule has 0 aliphatic rings. The predicted octanol–water partition coefficient (Wildman–Crippen LogP) is 4.92. The van der Waals surface area contributed by atoms with Crippen molar-refractivity contribution in [1.82, 2.24) is 4.90 Å². The molecule has 2 aromatic carbocycles. The van der Waals surface area contributed by atoms with Crippen molar-refractivity contribution in [2.24, 2.45) is 0 Å². The molecule has 0 heterocycles. The van der Waals surface area contributed by atoms with Crippen molar-refractivity contribution in [2.75, 3.05) is 18.4 Å². The third-order valence-electron chi connectivity index (χ3n) is 3.93. The van der Waals surface area contributed by atoms with Gasteiger partial charge in [-0.05, 0) is 50.2 Å². The molecule has 0 aliphatic carbocycles. The molecule has 0 saturated carbocycles. The number of rotatable bonds is 7. The van der Waals surface area contributed by atoms with E-state index in [9.17, 15) is 9.59 Å². The summed E-state index contributed by atoms with van der Waals surface area (Å²) >= 11 is 1.67. The molecular weight excluding hydrogens is 344 g/mol. The van der Waals surface area contributed by atoms with Crippen molar-refractivity contribution < 1.29 is 9.59 Å². The molecule has 2 amide bonds. The number of thioether (sulfide) groups is 1. The van der Waals surface area contributed by atoms with Gasteiger partial charge >= 0.3 is 0 Å². The largest absolute Gasteiger partial charge is 0.339 e. The van der Waals surface area contributed by atoms with Crippen LogP contribution in [0.5, 0.6) is 0 Å². The number of carbonyl (C=O) groups is 2. The van der Waals surface area contributed by atoms with E-state index in [2.05, 4.69) is 19.2 Å². The lowest BCUT2D eigenvalue weighted by atomic mass is 10.1. The summed E-state index contributed by atoms with van der Waals surface area (Å²) in [5.74, 6) is -0.136. The van der Waals surface area contributed by atoms with Crippen molar-refractivity contribution in [1.29, 1.82) is 0 Å². The predicted molar refractivity (Wildman–Crippen MR) is 109 cm³/mol. The Morgan fingerprint density at radius 1 is 1.00 bits per heavy atom. The molecule has 0 bridgehead atoms. The third-order valence-corrected chi connectivity index (χ3v) is 5.02. The zero-order valence-electron chi connectivity index (χ0n) is 15.8. The van der Waals surface area contributed by atoms with E-state index >= 15 is 0 Å². The smallest absolute Gasteiger partial charge is 0.256 e. The topological polar surface area (TPSA) is 49.4 Å². The summed E-state index contributed by atoms with van der Waals surface area (Å²) in [6.07, 6.45) is 0. The quantitative estimate of drug-likeness (QED) is 0.704. The van der Waals surface area contributed by atoms with Gasteiger partial charge in [0, 0.05) is 34.5 Å².